The summed E-state index contributed by atoms with van der Waals surface area (Å²) in [5.41, 5.74) is 1.21. The first kappa shape index (κ1) is 24.7. The van der Waals surface area contributed by atoms with Crippen molar-refractivity contribution < 1.29 is 27.2 Å². The largest absolute Gasteiger partial charge is 0.433 e. The summed E-state index contributed by atoms with van der Waals surface area (Å²) in [6, 6.07) is 9.86. The first-order valence-corrected chi connectivity index (χ1v) is 11.1. The minimum atomic E-state index is -4.56. The Kier molecular flexibility index (Phi) is 6.14. The standard InChI is InChI=1S/C24H18F3N7O4/c1-33-16-8-13(2-4-18(16)38-23(33)37)10-29-21(35)15-9-17(34-20(32-15)6-7-31-34)22(36)30-12-14-3-5-19(28-11-14)24(25,26)27/h2-9,11H,10,12H2,1H3,(H,29,35)(H,30,36). The van der Waals surface area contributed by atoms with Crippen LogP contribution in [-0.2, 0) is 26.3 Å². The molecule has 0 spiro atoms. The van der Waals surface area contributed by atoms with Gasteiger partial charge in [-0.15, -0.1) is 0 Å². The van der Waals surface area contributed by atoms with Gasteiger partial charge in [-0.1, -0.05) is 12.1 Å². The van der Waals surface area contributed by atoms with Crippen LogP contribution >= 0.6 is 0 Å². The highest BCUT2D eigenvalue weighted by molar-refractivity contribution is 5.98. The zero-order valence-electron chi connectivity index (χ0n) is 19.6. The number of nitrogens with one attached hydrogen (secondary N) is 2. The van der Waals surface area contributed by atoms with Crippen molar-refractivity contribution in [1.82, 2.24) is 34.8 Å². The predicted octanol–water partition coefficient (Wildman–Crippen LogP) is 2.45. The van der Waals surface area contributed by atoms with Crippen LogP contribution in [0, 0.1) is 0 Å². The summed E-state index contributed by atoms with van der Waals surface area (Å²) in [5.74, 6) is -1.68. The number of fused-ring (bicyclic) bond motifs is 2. The van der Waals surface area contributed by atoms with Crippen LogP contribution in [-0.4, -0.2) is 36.0 Å². The molecule has 0 saturated heterocycles. The van der Waals surface area contributed by atoms with Gasteiger partial charge in [0.1, 0.15) is 17.1 Å². The molecule has 0 bridgehead atoms. The molecule has 0 saturated carbocycles. The van der Waals surface area contributed by atoms with Gasteiger partial charge in [0.25, 0.3) is 11.8 Å². The van der Waals surface area contributed by atoms with E-state index in [2.05, 4.69) is 25.7 Å². The molecule has 0 fully saturated rings. The summed E-state index contributed by atoms with van der Waals surface area (Å²) in [5, 5.41) is 9.36. The van der Waals surface area contributed by atoms with E-state index in [0.29, 0.717) is 22.2 Å². The Balaban J connectivity index is 1.31. The Morgan fingerprint density at radius 3 is 2.47 bits per heavy atom. The fourth-order valence-electron chi connectivity index (χ4n) is 3.72. The summed E-state index contributed by atoms with van der Waals surface area (Å²) in [7, 11) is 1.57. The molecule has 4 heterocycles. The number of rotatable bonds is 6. The Morgan fingerprint density at radius 2 is 1.74 bits per heavy atom. The molecular weight excluding hydrogens is 507 g/mol. The van der Waals surface area contributed by atoms with Crippen LogP contribution < -0.4 is 16.4 Å². The number of carbonyl (C=O) groups excluding carboxylic acids is 2. The van der Waals surface area contributed by atoms with Crippen LogP contribution in [0.4, 0.5) is 13.2 Å². The topological polar surface area (TPSA) is 136 Å². The van der Waals surface area contributed by atoms with E-state index in [-0.39, 0.29) is 30.1 Å². The average Bonchev–Trinajstić information content (AvgIpc) is 3.49. The third-order valence-electron chi connectivity index (χ3n) is 5.70. The molecule has 0 aliphatic heterocycles. The summed E-state index contributed by atoms with van der Waals surface area (Å²) in [6.07, 6.45) is -2.13. The number of nitrogens with zero attached hydrogens (tertiary/aromatic N) is 5. The second-order valence-electron chi connectivity index (χ2n) is 8.27. The molecule has 0 radical (unpaired) electrons. The summed E-state index contributed by atoms with van der Waals surface area (Å²) < 4.78 is 45.8. The molecule has 1 aromatic carbocycles. The lowest BCUT2D eigenvalue weighted by Crippen LogP contribution is -2.28. The van der Waals surface area contributed by atoms with Gasteiger partial charge in [0.2, 0.25) is 0 Å². The van der Waals surface area contributed by atoms with Gasteiger partial charge in [-0.3, -0.25) is 19.1 Å². The van der Waals surface area contributed by atoms with E-state index in [9.17, 15) is 27.6 Å². The van der Waals surface area contributed by atoms with Crippen LogP contribution in [0.25, 0.3) is 16.7 Å². The van der Waals surface area contributed by atoms with E-state index < -0.39 is 29.4 Å². The third-order valence-corrected chi connectivity index (χ3v) is 5.70. The van der Waals surface area contributed by atoms with Crippen molar-refractivity contribution in [1.29, 1.82) is 0 Å². The molecule has 4 aromatic heterocycles. The Bertz CT molecular complexity index is 1740. The van der Waals surface area contributed by atoms with E-state index in [0.717, 1.165) is 12.3 Å². The molecule has 0 aliphatic rings. The monoisotopic (exact) mass is 525 g/mol. The summed E-state index contributed by atoms with van der Waals surface area (Å²) >= 11 is 0. The number of hydrogen-bond acceptors (Lipinski definition) is 7. The minimum absolute atomic E-state index is 0.000150. The Hall–Kier alpha value is -5.01. The Labute approximate surface area is 210 Å². The molecule has 0 aliphatic carbocycles. The quantitative estimate of drug-likeness (QED) is 0.348. The van der Waals surface area contributed by atoms with Crippen LogP contribution in [0.1, 0.15) is 37.8 Å². The van der Waals surface area contributed by atoms with E-state index >= 15 is 0 Å². The number of aryl methyl sites for hydroxylation is 1. The smallest absolute Gasteiger partial charge is 0.408 e. The van der Waals surface area contributed by atoms with Crippen molar-refractivity contribution >= 4 is 28.6 Å². The number of halogens is 3. The van der Waals surface area contributed by atoms with Gasteiger partial charge in [0, 0.05) is 38.5 Å². The molecule has 2 N–H and O–H groups in total. The van der Waals surface area contributed by atoms with Gasteiger partial charge < -0.3 is 15.1 Å². The fourth-order valence-corrected chi connectivity index (χ4v) is 3.72. The number of alkyl halides is 3. The summed E-state index contributed by atoms with van der Waals surface area (Å²) in [4.78, 5) is 45.1. The second-order valence-corrected chi connectivity index (χ2v) is 8.27. The number of aromatic nitrogens is 5. The lowest BCUT2D eigenvalue weighted by molar-refractivity contribution is -0.141. The fraction of sp³-hybridized carbons (Fsp3) is 0.167. The minimum Gasteiger partial charge on any atom is -0.408 e. The second kappa shape index (κ2) is 9.46. The highest BCUT2D eigenvalue weighted by atomic mass is 19.4. The molecule has 5 aromatic rings. The first-order chi connectivity index (χ1) is 18.1. The maximum atomic E-state index is 12.9. The van der Waals surface area contributed by atoms with E-state index in [1.54, 1.807) is 25.2 Å². The van der Waals surface area contributed by atoms with Crippen molar-refractivity contribution in [2.24, 2.45) is 7.05 Å². The lowest BCUT2D eigenvalue weighted by atomic mass is 10.2. The van der Waals surface area contributed by atoms with Crippen LogP contribution in [0.2, 0.25) is 0 Å². The number of oxazole rings is 1. The zero-order valence-corrected chi connectivity index (χ0v) is 19.6. The van der Waals surface area contributed by atoms with Gasteiger partial charge in [0.05, 0.1) is 11.7 Å². The molecule has 0 atom stereocenters. The Morgan fingerprint density at radius 1 is 1.00 bits per heavy atom. The normalized spacial score (nSPS) is 11.7. The molecule has 11 nitrogen and oxygen atoms in total. The molecule has 0 unspecified atom stereocenters. The zero-order chi connectivity index (χ0) is 27.0. The SMILES string of the molecule is Cn1c(=O)oc2ccc(CNC(=O)c3cc(C(=O)NCc4ccc(C(F)(F)F)nc4)n4nccc4n3)cc21. The lowest BCUT2D eigenvalue weighted by Gasteiger charge is -2.10. The molecule has 5 rings (SSSR count). The maximum absolute atomic E-state index is 12.9. The first-order valence-electron chi connectivity index (χ1n) is 11.1. The van der Waals surface area contributed by atoms with Crippen molar-refractivity contribution in [3.63, 3.8) is 0 Å². The van der Waals surface area contributed by atoms with Crippen molar-refractivity contribution in [2.75, 3.05) is 0 Å². The van der Waals surface area contributed by atoms with E-state index in [4.69, 9.17) is 4.42 Å². The number of benzene rings is 1. The van der Waals surface area contributed by atoms with Crippen molar-refractivity contribution in [2.45, 2.75) is 19.3 Å². The molecular formula is C24H18F3N7O4. The summed E-state index contributed by atoms with van der Waals surface area (Å²) in [6.45, 7) is 0.0122. The van der Waals surface area contributed by atoms with Gasteiger partial charge in [-0.2, -0.15) is 18.3 Å². The molecule has 194 valence electrons. The third kappa shape index (κ3) is 4.83. The van der Waals surface area contributed by atoms with E-state index in [1.165, 1.54) is 33.5 Å². The molecule has 2 amide bonds. The van der Waals surface area contributed by atoms with Gasteiger partial charge >= 0.3 is 11.9 Å². The van der Waals surface area contributed by atoms with Crippen LogP contribution in [0.3, 0.4) is 0 Å². The number of amides is 2. The van der Waals surface area contributed by atoms with E-state index in [1.807, 2.05) is 0 Å². The highest BCUT2D eigenvalue weighted by Crippen LogP contribution is 2.27. The average molecular weight is 525 g/mol. The van der Waals surface area contributed by atoms with Crippen molar-refractivity contribution in [3.8, 4) is 0 Å². The number of carbonyl (C=O) groups is 2. The number of pyridine rings is 1. The van der Waals surface area contributed by atoms with Crippen LogP contribution in [0.5, 0.6) is 0 Å². The predicted molar refractivity (Wildman–Crippen MR) is 126 cm³/mol. The molecule has 14 heteroatoms. The molecule has 38 heavy (non-hydrogen) atoms. The van der Waals surface area contributed by atoms with Gasteiger partial charge in [-0.05, 0) is 29.3 Å². The van der Waals surface area contributed by atoms with Gasteiger partial charge in [0.15, 0.2) is 11.2 Å². The van der Waals surface area contributed by atoms with Crippen molar-refractivity contribution in [3.05, 3.63) is 93.6 Å². The highest BCUT2D eigenvalue weighted by Gasteiger charge is 2.32. The van der Waals surface area contributed by atoms with Crippen LogP contribution in [0.15, 0.2) is 64.1 Å². The number of hydrogen-bond donors (Lipinski definition) is 2. The van der Waals surface area contributed by atoms with Gasteiger partial charge in [-0.25, -0.2) is 14.3 Å². The maximum Gasteiger partial charge on any atom is 0.433 e.